The average molecular weight is 183 g/mol. The van der Waals surface area contributed by atoms with Crippen LogP contribution in [0.15, 0.2) is 30.3 Å². The molecule has 0 spiro atoms. The third-order valence-electron chi connectivity index (χ3n) is 1.67. The summed E-state index contributed by atoms with van der Waals surface area (Å²) in [4.78, 5) is 15.2. The molecule has 13 heavy (non-hydrogen) atoms. The van der Waals surface area contributed by atoms with Crippen LogP contribution in [0.25, 0.3) is 0 Å². The fourth-order valence-corrected chi connectivity index (χ4v) is 1.07. The van der Waals surface area contributed by atoms with Gasteiger partial charge in [0.1, 0.15) is 0 Å². The molecule has 0 N–H and O–H groups in total. The Labute approximate surface area is 75.6 Å². The molecule has 0 saturated heterocycles. The first-order valence-corrected chi connectivity index (χ1v) is 3.94. The van der Waals surface area contributed by atoms with Crippen LogP contribution in [0.3, 0.4) is 0 Å². The number of nitrogens with zero attached hydrogens (tertiary/aromatic N) is 1. The van der Waals surface area contributed by atoms with Crippen molar-refractivity contribution < 1.29 is 14.3 Å². The van der Waals surface area contributed by atoms with Gasteiger partial charge in [0.25, 0.3) is 0 Å². The van der Waals surface area contributed by atoms with Crippen molar-refractivity contribution in [1.82, 2.24) is 0 Å². The van der Waals surface area contributed by atoms with E-state index >= 15 is 0 Å². The largest absolute Gasteiger partial charge is 0.451 e. The predicted octanol–water partition coefficient (Wildman–Crippen LogP) is 2.53. The fourth-order valence-electron chi connectivity index (χ4n) is 1.07. The first kappa shape index (κ1) is 9.51. The molecule has 1 aromatic rings. The van der Waals surface area contributed by atoms with Crippen LogP contribution in [0, 0.1) is 0 Å². The smallest absolute Gasteiger partial charge is 0.276 e. The minimum atomic E-state index is -0.992. The van der Waals surface area contributed by atoms with E-state index in [9.17, 15) is 9.32 Å². The van der Waals surface area contributed by atoms with Gasteiger partial charge in [-0.3, -0.25) is 4.90 Å². The molecule has 0 radical (unpaired) electrons. The standard InChI is InChI=1S/C9H10FNO2/c1-2-11(9(12)13-10)8-6-4-3-5-7-8/h3-7H,2H2,1H3. The Morgan fingerprint density at radius 2 is 2.08 bits per heavy atom. The number of amides is 1. The number of rotatable bonds is 2. The molecule has 4 heteroatoms. The van der Waals surface area contributed by atoms with E-state index in [0.717, 1.165) is 0 Å². The fraction of sp³-hybridized carbons (Fsp3) is 0.222. The van der Waals surface area contributed by atoms with E-state index < -0.39 is 6.09 Å². The molecule has 1 aromatic carbocycles. The molecule has 0 fully saturated rings. The molecule has 0 bridgehead atoms. The highest BCUT2D eigenvalue weighted by atomic mass is 19.3. The van der Waals surface area contributed by atoms with Crippen molar-refractivity contribution in [2.45, 2.75) is 6.92 Å². The van der Waals surface area contributed by atoms with E-state index in [2.05, 4.69) is 4.94 Å². The average Bonchev–Trinajstić information content (AvgIpc) is 2.20. The minimum absolute atomic E-state index is 0.368. The van der Waals surface area contributed by atoms with E-state index in [1.165, 1.54) is 4.90 Å². The van der Waals surface area contributed by atoms with Gasteiger partial charge in [-0.05, 0) is 19.1 Å². The quantitative estimate of drug-likeness (QED) is 0.705. The van der Waals surface area contributed by atoms with Gasteiger partial charge in [-0.1, -0.05) is 18.2 Å². The molecule has 70 valence electrons. The van der Waals surface area contributed by atoms with Crippen LogP contribution >= 0.6 is 0 Å². The van der Waals surface area contributed by atoms with Crippen molar-refractivity contribution in [3.05, 3.63) is 30.3 Å². The summed E-state index contributed by atoms with van der Waals surface area (Å²) >= 11 is 0. The zero-order valence-corrected chi connectivity index (χ0v) is 7.24. The molecule has 0 heterocycles. The van der Waals surface area contributed by atoms with E-state index in [1.807, 2.05) is 6.07 Å². The summed E-state index contributed by atoms with van der Waals surface area (Å²) in [5, 5.41) is 0. The Balaban J connectivity index is 2.85. The number of halogens is 1. The van der Waals surface area contributed by atoms with Gasteiger partial charge < -0.3 is 0 Å². The minimum Gasteiger partial charge on any atom is -0.276 e. The summed E-state index contributed by atoms with van der Waals surface area (Å²) in [6.07, 6.45) is -0.992. The van der Waals surface area contributed by atoms with Crippen LogP contribution in [0.5, 0.6) is 0 Å². The zero-order chi connectivity index (χ0) is 9.68. The maximum Gasteiger partial charge on any atom is 0.451 e. The molecule has 0 atom stereocenters. The highest BCUT2D eigenvalue weighted by Crippen LogP contribution is 2.13. The summed E-state index contributed by atoms with van der Waals surface area (Å²) in [6.45, 7) is 2.11. The number of anilines is 1. The van der Waals surface area contributed by atoms with Gasteiger partial charge in [0.2, 0.25) is 0 Å². The Bertz CT molecular complexity index is 276. The number of para-hydroxylation sites is 1. The summed E-state index contributed by atoms with van der Waals surface area (Å²) < 4.78 is 11.6. The SMILES string of the molecule is CCN(C(=O)OF)c1ccccc1. The number of hydrogen-bond acceptors (Lipinski definition) is 2. The number of carbonyl (C=O) groups excluding carboxylic acids is 1. The number of hydrogen-bond donors (Lipinski definition) is 0. The third-order valence-corrected chi connectivity index (χ3v) is 1.67. The van der Waals surface area contributed by atoms with Crippen molar-refractivity contribution in [3.63, 3.8) is 0 Å². The van der Waals surface area contributed by atoms with Crippen LogP contribution in [-0.4, -0.2) is 12.6 Å². The van der Waals surface area contributed by atoms with Gasteiger partial charge in [-0.15, -0.1) is 0 Å². The highest BCUT2D eigenvalue weighted by Gasteiger charge is 2.14. The van der Waals surface area contributed by atoms with E-state index in [4.69, 9.17) is 0 Å². The molecule has 0 unspecified atom stereocenters. The normalized spacial score (nSPS) is 9.38. The molecular weight excluding hydrogens is 173 g/mol. The van der Waals surface area contributed by atoms with E-state index in [0.29, 0.717) is 12.2 Å². The van der Waals surface area contributed by atoms with Gasteiger partial charge in [0, 0.05) is 16.8 Å². The lowest BCUT2D eigenvalue weighted by atomic mass is 10.3. The Kier molecular flexibility index (Phi) is 3.25. The van der Waals surface area contributed by atoms with Crippen molar-refractivity contribution >= 4 is 11.8 Å². The summed E-state index contributed by atoms with van der Waals surface area (Å²) in [5.74, 6) is 0. The van der Waals surface area contributed by atoms with Crippen molar-refractivity contribution in [2.24, 2.45) is 0 Å². The van der Waals surface area contributed by atoms with E-state index in [1.54, 1.807) is 31.2 Å². The van der Waals surface area contributed by atoms with Gasteiger partial charge in [-0.25, -0.2) is 9.74 Å². The monoisotopic (exact) mass is 183 g/mol. The molecule has 3 nitrogen and oxygen atoms in total. The van der Waals surface area contributed by atoms with Gasteiger partial charge in [-0.2, -0.15) is 0 Å². The Morgan fingerprint density at radius 3 is 2.54 bits per heavy atom. The Morgan fingerprint density at radius 1 is 1.46 bits per heavy atom. The first-order valence-electron chi connectivity index (χ1n) is 3.94. The summed E-state index contributed by atoms with van der Waals surface area (Å²) in [7, 11) is 0. The summed E-state index contributed by atoms with van der Waals surface area (Å²) in [6, 6.07) is 8.77. The molecule has 0 aliphatic rings. The predicted molar refractivity (Wildman–Crippen MR) is 47.1 cm³/mol. The molecule has 0 saturated carbocycles. The Hall–Kier alpha value is -1.58. The van der Waals surface area contributed by atoms with Crippen LogP contribution in [0.4, 0.5) is 15.0 Å². The topological polar surface area (TPSA) is 29.5 Å². The van der Waals surface area contributed by atoms with Crippen LogP contribution in [0.1, 0.15) is 6.92 Å². The maximum absolute atomic E-state index is 11.6. The summed E-state index contributed by atoms with van der Waals surface area (Å²) in [5.41, 5.74) is 0.618. The van der Waals surface area contributed by atoms with Crippen LogP contribution in [-0.2, 0) is 4.94 Å². The van der Waals surface area contributed by atoms with Gasteiger partial charge in [0.05, 0.1) is 0 Å². The second kappa shape index (κ2) is 4.45. The molecule has 0 aliphatic carbocycles. The van der Waals surface area contributed by atoms with Crippen LogP contribution in [0.2, 0.25) is 0 Å². The van der Waals surface area contributed by atoms with Gasteiger partial charge >= 0.3 is 6.09 Å². The molecule has 1 amide bonds. The molecule has 0 aliphatic heterocycles. The highest BCUT2D eigenvalue weighted by molar-refractivity contribution is 5.86. The van der Waals surface area contributed by atoms with Gasteiger partial charge in [0.15, 0.2) is 0 Å². The second-order valence-corrected chi connectivity index (χ2v) is 2.42. The number of benzene rings is 1. The third kappa shape index (κ3) is 2.18. The second-order valence-electron chi connectivity index (χ2n) is 2.42. The lowest BCUT2D eigenvalue weighted by molar-refractivity contribution is -0.0582. The zero-order valence-electron chi connectivity index (χ0n) is 7.24. The van der Waals surface area contributed by atoms with Crippen LogP contribution < -0.4 is 4.90 Å². The van der Waals surface area contributed by atoms with Crippen molar-refractivity contribution in [2.75, 3.05) is 11.4 Å². The molecule has 1 rings (SSSR count). The number of carbonyl (C=O) groups is 1. The lowest BCUT2D eigenvalue weighted by Crippen LogP contribution is -2.29. The lowest BCUT2D eigenvalue weighted by Gasteiger charge is -2.16. The van der Waals surface area contributed by atoms with E-state index in [-0.39, 0.29) is 0 Å². The maximum atomic E-state index is 11.6. The van der Waals surface area contributed by atoms with Crippen molar-refractivity contribution in [3.8, 4) is 0 Å². The molecular formula is C9H10FNO2. The first-order chi connectivity index (χ1) is 6.29. The van der Waals surface area contributed by atoms with Crippen molar-refractivity contribution in [1.29, 1.82) is 0 Å². The molecule has 0 aromatic heterocycles.